The van der Waals surface area contributed by atoms with Crippen LogP contribution in [0.5, 0.6) is 11.8 Å². The number of aromatic nitrogens is 5. The number of aryl methyl sites for hydroxylation is 3. The highest BCUT2D eigenvalue weighted by Crippen LogP contribution is 2.57. The van der Waals surface area contributed by atoms with Gasteiger partial charge in [0.25, 0.3) is 0 Å². The maximum Gasteiger partial charge on any atom is 0.221 e. The van der Waals surface area contributed by atoms with Gasteiger partial charge in [-0.05, 0) is 113 Å². The SMILES string of the molecule is Cc1nn(-c2cc(C(C)(C)C)cc(C3(c4cc(Oc5cc(C(C)(C)C)ccn5)n5c(C)c(C)nc5c4)c4ccccc4-c4ccccc43)c2)c(C)c1-c1ccccc1. The van der Waals surface area contributed by atoms with E-state index in [2.05, 4.69) is 200 Å². The van der Waals surface area contributed by atoms with Gasteiger partial charge in [0.05, 0.1) is 22.5 Å². The monoisotopic (exact) mass is 761 g/mol. The summed E-state index contributed by atoms with van der Waals surface area (Å²) in [5.74, 6) is 1.22. The molecule has 0 amide bonds. The number of imidazole rings is 1. The van der Waals surface area contributed by atoms with Crippen molar-refractivity contribution in [3.05, 3.63) is 184 Å². The summed E-state index contributed by atoms with van der Waals surface area (Å²) in [7, 11) is 0. The first-order chi connectivity index (χ1) is 27.7. The molecule has 0 bridgehead atoms. The molecule has 58 heavy (non-hydrogen) atoms. The molecule has 1 aliphatic carbocycles. The minimum atomic E-state index is -0.740. The number of fused-ring (bicyclic) bond motifs is 4. The fourth-order valence-corrected chi connectivity index (χ4v) is 9.04. The fourth-order valence-electron chi connectivity index (χ4n) is 9.04. The zero-order chi connectivity index (χ0) is 40.7. The van der Waals surface area contributed by atoms with Crippen LogP contribution in [0.15, 0.2) is 128 Å². The maximum atomic E-state index is 6.92. The topological polar surface area (TPSA) is 57.2 Å². The summed E-state index contributed by atoms with van der Waals surface area (Å²) in [4.78, 5) is 9.89. The van der Waals surface area contributed by atoms with E-state index >= 15 is 0 Å². The quantitative estimate of drug-likeness (QED) is 0.169. The summed E-state index contributed by atoms with van der Waals surface area (Å²) < 4.78 is 11.2. The van der Waals surface area contributed by atoms with Crippen molar-refractivity contribution >= 4 is 5.65 Å². The van der Waals surface area contributed by atoms with E-state index in [0.717, 1.165) is 56.4 Å². The normalized spacial score (nSPS) is 13.5. The number of hydrogen-bond acceptors (Lipinski definition) is 4. The first kappa shape index (κ1) is 37.3. The molecule has 0 fully saturated rings. The molecule has 9 rings (SSSR count). The average Bonchev–Trinajstić information content (AvgIpc) is 3.79. The van der Waals surface area contributed by atoms with Crippen molar-refractivity contribution in [1.82, 2.24) is 24.1 Å². The minimum Gasteiger partial charge on any atom is -0.422 e. The molecule has 8 aromatic rings. The highest BCUT2D eigenvalue weighted by Gasteiger charge is 2.47. The van der Waals surface area contributed by atoms with Crippen LogP contribution in [0.3, 0.4) is 0 Å². The molecule has 4 aromatic heterocycles. The number of nitrogens with zero attached hydrogens (tertiary/aromatic N) is 5. The van der Waals surface area contributed by atoms with E-state index in [0.29, 0.717) is 11.8 Å². The van der Waals surface area contributed by atoms with Gasteiger partial charge in [-0.15, -0.1) is 0 Å². The van der Waals surface area contributed by atoms with Crippen LogP contribution < -0.4 is 4.74 Å². The highest BCUT2D eigenvalue weighted by molar-refractivity contribution is 5.87. The Morgan fingerprint density at radius 1 is 0.586 bits per heavy atom. The van der Waals surface area contributed by atoms with Crippen LogP contribution >= 0.6 is 0 Å². The van der Waals surface area contributed by atoms with Gasteiger partial charge in [0.15, 0.2) is 0 Å². The Morgan fingerprint density at radius 3 is 1.86 bits per heavy atom. The standard InChI is InChI=1S/C52H51N5O/c1-32-34(3)56-46(54-32)29-40(31-48(56)58-47-30-37(24-25-53-47)50(5,6)7)52(44-22-16-14-20-42(44)43-21-15-17-23-45(43)52)39-26-38(51(8,9)10)27-41(28-39)57-35(4)49(33(2)55-57)36-18-12-11-13-19-36/h11-31H,1-10H3. The lowest BCUT2D eigenvalue weighted by Crippen LogP contribution is -2.30. The smallest absolute Gasteiger partial charge is 0.221 e. The second kappa shape index (κ2) is 13.4. The Morgan fingerprint density at radius 2 is 1.21 bits per heavy atom. The third kappa shape index (κ3) is 5.88. The van der Waals surface area contributed by atoms with Crippen molar-refractivity contribution in [2.45, 2.75) is 85.5 Å². The van der Waals surface area contributed by atoms with Gasteiger partial charge in [0.1, 0.15) is 5.65 Å². The van der Waals surface area contributed by atoms with Gasteiger partial charge < -0.3 is 4.74 Å². The third-order valence-electron chi connectivity index (χ3n) is 12.2. The molecule has 290 valence electrons. The van der Waals surface area contributed by atoms with Crippen molar-refractivity contribution < 1.29 is 4.74 Å². The van der Waals surface area contributed by atoms with Gasteiger partial charge in [-0.25, -0.2) is 14.6 Å². The van der Waals surface area contributed by atoms with E-state index in [1.54, 1.807) is 0 Å². The maximum absolute atomic E-state index is 6.92. The van der Waals surface area contributed by atoms with Crippen LogP contribution in [0.25, 0.3) is 33.6 Å². The molecule has 0 radical (unpaired) electrons. The molecule has 4 heterocycles. The van der Waals surface area contributed by atoms with Crippen LogP contribution in [0.4, 0.5) is 0 Å². The zero-order valence-corrected chi connectivity index (χ0v) is 35.3. The van der Waals surface area contributed by atoms with Gasteiger partial charge in [0.2, 0.25) is 11.8 Å². The minimum absolute atomic E-state index is 0.0653. The first-order valence-electron chi connectivity index (χ1n) is 20.3. The molecule has 0 spiro atoms. The number of benzene rings is 4. The number of hydrogen-bond donors (Lipinski definition) is 0. The lowest BCUT2D eigenvalue weighted by atomic mass is 9.66. The summed E-state index contributed by atoms with van der Waals surface area (Å²) >= 11 is 0. The van der Waals surface area contributed by atoms with Crippen LogP contribution in [-0.2, 0) is 16.2 Å². The van der Waals surface area contributed by atoms with Crippen molar-refractivity contribution in [3.8, 4) is 39.7 Å². The fraction of sp³-hybridized carbons (Fsp3) is 0.250. The van der Waals surface area contributed by atoms with Gasteiger partial charge in [-0.3, -0.25) is 4.40 Å². The summed E-state index contributed by atoms with van der Waals surface area (Å²) in [6.45, 7) is 22.0. The van der Waals surface area contributed by atoms with Crippen molar-refractivity contribution in [3.63, 3.8) is 0 Å². The predicted octanol–water partition coefficient (Wildman–Crippen LogP) is 12.6. The molecule has 0 N–H and O–H groups in total. The molecule has 1 aliphatic rings. The molecule has 0 unspecified atom stereocenters. The first-order valence-corrected chi connectivity index (χ1v) is 20.3. The molecule has 0 saturated heterocycles. The average molecular weight is 762 g/mol. The Kier molecular flexibility index (Phi) is 8.63. The molecule has 0 aliphatic heterocycles. The summed E-state index contributed by atoms with van der Waals surface area (Å²) in [5.41, 5.74) is 16.8. The summed E-state index contributed by atoms with van der Waals surface area (Å²) in [5, 5.41) is 5.25. The van der Waals surface area contributed by atoms with Gasteiger partial charge >= 0.3 is 0 Å². The van der Waals surface area contributed by atoms with E-state index in [9.17, 15) is 0 Å². The molecule has 0 saturated carbocycles. The van der Waals surface area contributed by atoms with E-state index < -0.39 is 5.41 Å². The van der Waals surface area contributed by atoms with E-state index in [1.165, 1.54) is 33.4 Å². The summed E-state index contributed by atoms with van der Waals surface area (Å²) in [6.07, 6.45) is 1.84. The molecule has 4 aromatic carbocycles. The molecule has 6 nitrogen and oxygen atoms in total. The van der Waals surface area contributed by atoms with Gasteiger partial charge in [-0.1, -0.05) is 126 Å². The van der Waals surface area contributed by atoms with E-state index in [4.69, 9.17) is 19.8 Å². The second-order valence-corrected chi connectivity index (χ2v) is 18.0. The zero-order valence-electron chi connectivity index (χ0n) is 35.3. The lowest BCUT2D eigenvalue weighted by molar-refractivity contribution is 0.432. The van der Waals surface area contributed by atoms with Crippen molar-refractivity contribution in [1.29, 1.82) is 0 Å². The highest BCUT2D eigenvalue weighted by atomic mass is 16.5. The largest absolute Gasteiger partial charge is 0.422 e. The number of pyridine rings is 2. The van der Waals surface area contributed by atoms with Crippen LogP contribution in [0, 0.1) is 27.7 Å². The summed E-state index contributed by atoms with van der Waals surface area (Å²) in [6, 6.07) is 44.1. The predicted molar refractivity (Wildman–Crippen MR) is 236 cm³/mol. The van der Waals surface area contributed by atoms with Crippen molar-refractivity contribution in [2.75, 3.05) is 0 Å². The Balaban J connectivity index is 1.37. The van der Waals surface area contributed by atoms with Crippen LogP contribution in [0.2, 0.25) is 0 Å². The Labute approximate surface area is 342 Å². The molecular weight excluding hydrogens is 711 g/mol. The van der Waals surface area contributed by atoms with E-state index in [1.807, 2.05) is 6.20 Å². The number of ether oxygens (including phenoxy) is 1. The Hall–Kier alpha value is -6.27. The van der Waals surface area contributed by atoms with E-state index in [-0.39, 0.29) is 10.8 Å². The third-order valence-corrected chi connectivity index (χ3v) is 12.2. The van der Waals surface area contributed by atoms with Gasteiger partial charge in [0, 0.05) is 35.3 Å². The van der Waals surface area contributed by atoms with Crippen molar-refractivity contribution in [2.24, 2.45) is 0 Å². The number of rotatable bonds is 6. The van der Waals surface area contributed by atoms with Crippen LogP contribution in [0.1, 0.15) is 97.7 Å². The molecule has 6 heteroatoms. The lowest BCUT2D eigenvalue weighted by Gasteiger charge is -2.36. The second-order valence-electron chi connectivity index (χ2n) is 18.0. The van der Waals surface area contributed by atoms with Crippen LogP contribution in [-0.4, -0.2) is 24.1 Å². The van der Waals surface area contributed by atoms with Gasteiger partial charge in [-0.2, -0.15) is 5.10 Å². The Bertz CT molecular complexity index is 2840. The molecule has 0 atom stereocenters. The molecular formula is C52H51N5O.